The van der Waals surface area contributed by atoms with E-state index in [1.54, 1.807) is 5.51 Å². The van der Waals surface area contributed by atoms with Gasteiger partial charge in [-0.05, 0) is 23.6 Å². The van der Waals surface area contributed by atoms with E-state index < -0.39 is 0 Å². The predicted molar refractivity (Wildman–Crippen MR) is 74.6 cm³/mol. The minimum Gasteiger partial charge on any atom is -0.484 e. The van der Waals surface area contributed by atoms with Crippen LogP contribution >= 0.6 is 11.3 Å². The molecule has 0 spiro atoms. The molecule has 0 unspecified atom stereocenters. The molecule has 1 amide bonds. The van der Waals surface area contributed by atoms with E-state index in [2.05, 4.69) is 29.4 Å². The number of hydrogen-bond acceptors (Lipinski definition) is 5. The molecule has 0 bridgehead atoms. The summed E-state index contributed by atoms with van der Waals surface area (Å²) in [6.45, 7) is 4.18. The zero-order valence-electron chi connectivity index (χ0n) is 10.8. The van der Waals surface area contributed by atoms with Crippen molar-refractivity contribution in [1.29, 1.82) is 0 Å². The molecule has 1 heterocycles. The van der Waals surface area contributed by atoms with Gasteiger partial charge in [0.15, 0.2) is 6.61 Å². The predicted octanol–water partition coefficient (Wildman–Crippen LogP) is 2.68. The SMILES string of the molecule is CC(C)c1cccc(OCC(=O)Nc2nncs2)c1. The quantitative estimate of drug-likeness (QED) is 0.912. The van der Waals surface area contributed by atoms with Crippen LogP contribution in [-0.4, -0.2) is 22.7 Å². The minimum atomic E-state index is -0.244. The van der Waals surface area contributed by atoms with Crippen molar-refractivity contribution in [2.45, 2.75) is 19.8 Å². The van der Waals surface area contributed by atoms with Crippen LogP contribution in [0, 0.1) is 0 Å². The summed E-state index contributed by atoms with van der Waals surface area (Å²) in [6.07, 6.45) is 0. The molecule has 0 aliphatic carbocycles. The number of carbonyl (C=O) groups is 1. The van der Waals surface area contributed by atoms with Crippen LogP contribution in [0.1, 0.15) is 25.3 Å². The smallest absolute Gasteiger partial charge is 0.264 e. The van der Waals surface area contributed by atoms with Crippen LogP contribution in [0.15, 0.2) is 29.8 Å². The lowest BCUT2D eigenvalue weighted by Gasteiger charge is -2.09. The number of aromatic nitrogens is 2. The van der Waals surface area contributed by atoms with Crippen molar-refractivity contribution >= 4 is 22.4 Å². The molecular formula is C13H15N3O2S. The summed E-state index contributed by atoms with van der Waals surface area (Å²) in [5.74, 6) is 0.879. The zero-order chi connectivity index (χ0) is 13.7. The molecule has 5 nitrogen and oxygen atoms in total. The van der Waals surface area contributed by atoms with Crippen LogP contribution in [0.4, 0.5) is 5.13 Å². The van der Waals surface area contributed by atoms with Gasteiger partial charge in [0, 0.05) is 0 Å². The van der Waals surface area contributed by atoms with Crippen molar-refractivity contribution in [3.63, 3.8) is 0 Å². The average molecular weight is 277 g/mol. The van der Waals surface area contributed by atoms with Gasteiger partial charge < -0.3 is 4.74 Å². The van der Waals surface area contributed by atoms with Gasteiger partial charge in [0.2, 0.25) is 5.13 Å². The van der Waals surface area contributed by atoms with Gasteiger partial charge in [0.05, 0.1) is 0 Å². The van der Waals surface area contributed by atoms with Gasteiger partial charge in [-0.25, -0.2) is 0 Å². The van der Waals surface area contributed by atoms with Gasteiger partial charge in [0.25, 0.3) is 5.91 Å². The summed E-state index contributed by atoms with van der Waals surface area (Å²) in [6, 6.07) is 7.75. The van der Waals surface area contributed by atoms with Crippen molar-refractivity contribution in [3.8, 4) is 5.75 Å². The van der Waals surface area contributed by atoms with Crippen LogP contribution in [0.25, 0.3) is 0 Å². The lowest BCUT2D eigenvalue weighted by Crippen LogP contribution is -2.20. The first-order chi connectivity index (χ1) is 9.15. The number of hydrogen-bond donors (Lipinski definition) is 1. The fraction of sp³-hybridized carbons (Fsp3) is 0.308. The van der Waals surface area contributed by atoms with Crippen molar-refractivity contribution in [2.75, 3.05) is 11.9 Å². The molecule has 2 rings (SSSR count). The largest absolute Gasteiger partial charge is 0.484 e. The number of rotatable bonds is 5. The molecule has 1 N–H and O–H groups in total. The van der Waals surface area contributed by atoms with Gasteiger partial charge >= 0.3 is 0 Å². The van der Waals surface area contributed by atoms with E-state index in [-0.39, 0.29) is 12.5 Å². The molecule has 2 aromatic rings. The van der Waals surface area contributed by atoms with Crippen LogP contribution in [0.5, 0.6) is 5.75 Å². The minimum absolute atomic E-state index is 0.0405. The zero-order valence-corrected chi connectivity index (χ0v) is 11.6. The van der Waals surface area contributed by atoms with Crippen LogP contribution < -0.4 is 10.1 Å². The summed E-state index contributed by atoms with van der Waals surface area (Å²) >= 11 is 1.27. The Morgan fingerprint density at radius 1 is 1.47 bits per heavy atom. The standard InChI is InChI=1S/C13H15N3O2S/c1-9(2)10-4-3-5-11(6-10)18-7-12(17)15-13-16-14-8-19-13/h3-6,8-9H,7H2,1-2H3,(H,15,16,17). The lowest BCUT2D eigenvalue weighted by atomic mass is 10.0. The second kappa shape index (κ2) is 6.29. The highest BCUT2D eigenvalue weighted by molar-refractivity contribution is 7.13. The molecule has 0 atom stereocenters. The summed E-state index contributed by atoms with van der Waals surface area (Å²) in [4.78, 5) is 11.6. The number of nitrogens with zero attached hydrogens (tertiary/aromatic N) is 2. The van der Waals surface area contributed by atoms with E-state index >= 15 is 0 Å². The van der Waals surface area contributed by atoms with Gasteiger partial charge in [0.1, 0.15) is 11.3 Å². The van der Waals surface area contributed by atoms with Crippen molar-refractivity contribution < 1.29 is 9.53 Å². The van der Waals surface area contributed by atoms with E-state index in [0.717, 1.165) is 0 Å². The summed E-state index contributed by atoms with van der Waals surface area (Å²) < 4.78 is 5.45. The molecule has 0 radical (unpaired) electrons. The first-order valence-electron chi connectivity index (χ1n) is 5.94. The van der Waals surface area contributed by atoms with Crippen molar-refractivity contribution in [2.24, 2.45) is 0 Å². The summed E-state index contributed by atoms with van der Waals surface area (Å²) in [5, 5.41) is 10.5. The van der Waals surface area contributed by atoms with Gasteiger partial charge in [-0.3, -0.25) is 10.1 Å². The van der Waals surface area contributed by atoms with Gasteiger partial charge in [-0.1, -0.05) is 37.3 Å². The molecule has 0 saturated heterocycles. The molecule has 1 aromatic carbocycles. The fourth-order valence-corrected chi connectivity index (χ4v) is 1.96. The Hall–Kier alpha value is -1.95. The maximum atomic E-state index is 11.6. The third kappa shape index (κ3) is 4.03. The maximum Gasteiger partial charge on any atom is 0.264 e. The summed E-state index contributed by atoms with van der Waals surface area (Å²) in [5.41, 5.74) is 2.74. The number of carbonyl (C=O) groups excluding carboxylic acids is 1. The van der Waals surface area contributed by atoms with Crippen LogP contribution in [-0.2, 0) is 4.79 Å². The van der Waals surface area contributed by atoms with Gasteiger partial charge in [-0.15, -0.1) is 10.2 Å². The highest BCUT2D eigenvalue weighted by Crippen LogP contribution is 2.20. The first kappa shape index (κ1) is 13.5. The Bertz CT molecular complexity index is 541. The third-order valence-corrected chi connectivity index (χ3v) is 3.11. The van der Waals surface area contributed by atoms with Gasteiger partial charge in [-0.2, -0.15) is 0 Å². The molecule has 0 aliphatic heterocycles. The number of amides is 1. The van der Waals surface area contributed by atoms with Crippen molar-refractivity contribution in [1.82, 2.24) is 10.2 Å². The van der Waals surface area contributed by atoms with Crippen LogP contribution in [0.2, 0.25) is 0 Å². The molecule has 1 aromatic heterocycles. The second-order valence-corrected chi connectivity index (χ2v) is 5.14. The number of nitrogens with one attached hydrogen (secondary N) is 1. The Labute approximate surface area is 115 Å². The fourth-order valence-electron chi connectivity index (χ4n) is 1.50. The highest BCUT2D eigenvalue weighted by Gasteiger charge is 2.06. The molecule has 0 fully saturated rings. The second-order valence-electron chi connectivity index (χ2n) is 4.31. The monoisotopic (exact) mass is 277 g/mol. The molecule has 0 aliphatic rings. The van der Waals surface area contributed by atoms with E-state index in [1.165, 1.54) is 16.9 Å². The molecule has 100 valence electrons. The molecular weight excluding hydrogens is 262 g/mol. The summed E-state index contributed by atoms with van der Waals surface area (Å²) in [7, 11) is 0. The van der Waals surface area contributed by atoms with E-state index in [4.69, 9.17) is 4.74 Å². The Balaban J connectivity index is 1.88. The van der Waals surface area contributed by atoms with E-state index in [9.17, 15) is 4.79 Å². The van der Waals surface area contributed by atoms with Crippen molar-refractivity contribution in [3.05, 3.63) is 35.3 Å². The molecule has 6 heteroatoms. The Morgan fingerprint density at radius 3 is 3.00 bits per heavy atom. The van der Waals surface area contributed by atoms with E-state index in [1.807, 2.05) is 24.3 Å². The molecule has 0 saturated carbocycles. The third-order valence-electron chi connectivity index (χ3n) is 2.50. The normalized spacial score (nSPS) is 10.5. The topological polar surface area (TPSA) is 64.1 Å². The Morgan fingerprint density at radius 2 is 2.32 bits per heavy atom. The lowest BCUT2D eigenvalue weighted by molar-refractivity contribution is -0.118. The average Bonchev–Trinajstić information content (AvgIpc) is 2.89. The number of benzene rings is 1. The molecule has 19 heavy (non-hydrogen) atoms. The maximum absolute atomic E-state index is 11.6. The highest BCUT2D eigenvalue weighted by atomic mass is 32.1. The number of anilines is 1. The first-order valence-corrected chi connectivity index (χ1v) is 6.82. The number of ether oxygens (including phenoxy) is 1. The van der Waals surface area contributed by atoms with Crippen LogP contribution in [0.3, 0.4) is 0 Å². The Kier molecular flexibility index (Phi) is 4.46. The van der Waals surface area contributed by atoms with E-state index in [0.29, 0.717) is 16.8 Å².